The summed E-state index contributed by atoms with van der Waals surface area (Å²) in [6.07, 6.45) is 1.53. The van der Waals surface area contributed by atoms with Crippen LogP contribution >= 0.6 is 11.6 Å². The third-order valence-electron chi connectivity index (χ3n) is 3.97. The van der Waals surface area contributed by atoms with Gasteiger partial charge in [0, 0.05) is 36.1 Å². The number of hydrogen-bond donors (Lipinski definition) is 3. The Balaban J connectivity index is 1.56. The molecule has 0 bridgehead atoms. The van der Waals surface area contributed by atoms with Crippen molar-refractivity contribution in [1.82, 2.24) is 20.3 Å². The van der Waals surface area contributed by atoms with Crippen LogP contribution in [0.5, 0.6) is 11.5 Å². The van der Waals surface area contributed by atoms with E-state index < -0.39 is 0 Å². The molecule has 0 saturated carbocycles. The number of benzene rings is 2. The molecule has 0 unspecified atom stereocenters. The van der Waals surface area contributed by atoms with Crippen LogP contribution in [0.3, 0.4) is 0 Å². The molecule has 4 rings (SSSR count). The lowest BCUT2D eigenvalue weighted by molar-refractivity contribution is 0.0958. The minimum atomic E-state index is -0.272. The SMILES string of the molecule is CNC(=O)c1cc(Oc2ccc3nc(Nc4cccc(Cl)c4)[nH]c3c2)ccn1. The average Bonchev–Trinajstić information content (AvgIpc) is 3.09. The Kier molecular flexibility index (Phi) is 4.82. The van der Waals surface area contributed by atoms with Gasteiger partial charge in [0.25, 0.3) is 5.91 Å². The highest BCUT2D eigenvalue weighted by Gasteiger charge is 2.09. The van der Waals surface area contributed by atoms with E-state index >= 15 is 0 Å². The molecule has 8 heteroatoms. The maximum Gasteiger partial charge on any atom is 0.269 e. The van der Waals surface area contributed by atoms with Crippen molar-refractivity contribution in [2.24, 2.45) is 0 Å². The summed E-state index contributed by atoms with van der Waals surface area (Å²) in [4.78, 5) is 23.4. The third-order valence-corrected chi connectivity index (χ3v) is 4.20. The highest BCUT2D eigenvalue weighted by Crippen LogP contribution is 2.27. The Morgan fingerprint density at radius 3 is 2.79 bits per heavy atom. The van der Waals surface area contributed by atoms with Crippen LogP contribution in [-0.2, 0) is 0 Å². The zero-order valence-corrected chi connectivity index (χ0v) is 15.6. The molecule has 0 atom stereocenters. The number of aromatic nitrogens is 3. The van der Waals surface area contributed by atoms with Gasteiger partial charge in [0.05, 0.1) is 11.0 Å². The maximum absolute atomic E-state index is 11.7. The van der Waals surface area contributed by atoms with E-state index in [1.807, 2.05) is 42.5 Å². The van der Waals surface area contributed by atoms with E-state index in [-0.39, 0.29) is 11.6 Å². The van der Waals surface area contributed by atoms with Gasteiger partial charge < -0.3 is 20.4 Å². The highest BCUT2D eigenvalue weighted by atomic mass is 35.5. The summed E-state index contributed by atoms with van der Waals surface area (Å²) < 4.78 is 5.86. The van der Waals surface area contributed by atoms with Crippen LogP contribution in [-0.4, -0.2) is 27.9 Å². The number of nitrogens with zero attached hydrogens (tertiary/aromatic N) is 2. The van der Waals surface area contributed by atoms with Gasteiger partial charge >= 0.3 is 0 Å². The summed E-state index contributed by atoms with van der Waals surface area (Å²) in [5, 5.41) is 6.37. The van der Waals surface area contributed by atoms with E-state index in [1.165, 1.54) is 6.20 Å². The van der Waals surface area contributed by atoms with Crippen molar-refractivity contribution in [3.05, 3.63) is 71.5 Å². The van der Waals surface area contributed by atoms with E-state index in [1.54, 1.807) is 19.2 Å². The van der Waals surface area contributed by atoms with Crippen molar-refractivity contribution in [3.8, 4) is 11.5 Å². The molecule has 2 aromatic carbocycles. The monoisotopic (exact) mass is 393 g/mol. The van der Waals surface area contributed by atoms with Crippen molar-refractivity contribution in [2.45, 2.75) is 0 Å². The summed E-state index contributed by atoms with van der Waals surface area (Å²) in [5.74, 6) is 1.45. The van der Waals surface area contributed by atoms with Gasteiger partial charge in [-0.3, -0.25) is 9.78 Å². The number of carbonyl (C=O) groups is 1. The van der Waals surface area contributed by atoms with Crippen molar-refractivity contribution < 1.29 is 9.53 Å². The van der Waals surface area contributed by atoms with E-state index in [0.717, 1.165) is 16.7 Å². The molecule has 4 aromatic rings. The molecule has 0 saturated heterocycles. The highest BCUT2D eigenvalue weighted by molar-refractivity contribution is 6.30. The maximum atomic E-state index is 11.7. The van der Waals surface area contributed by atoms with Gasteiger partial charge in [-0.1, -0.05) is 17.7 Å². The molecule has 0 aliphatic rings. The number of anilines is 2. The molecule has 0 spiro atoms. The van der Waals surface area contributed by atoms with E-state index in [2.05, 4.69) is 25.6 Å². The second-order valence-corrected chi connectivity index (χ2v) is 6.39. The van der Waals surface area contributed by atoms with Gasteiger partial charge in [-0.15, -0.1) is 0 Å². The third kappa shape index (κ3) is 3.89. The Morgan fingerprint density at radius 1 is 1.11 bits per heavy atom. The topological polar surface area (TPSA) is 91.9 Å². The number of hydrogen-bond acceptors (Lipinski definition) is 5. The first-order valence-corrected chi connectivity index (χ1v) is 8.87. The number of ether oxygens (including phenoxy) is 1. The summed E-state index contributed by atoms with van der Waals surface area (Å²) in [6, 6.07) is 16.2. The number of imidazole rings is 1. The molecule has 28 heavy (non-hydrogen) atoms. The predicted octanol–water partition coefficient (Wildman–Crippen LogP) is 4.51. The summed E-state index contributed by atoms with van der Waals surface area (Å²) in [7, 11) is 1.55. The van der Waals surface area contributed by atoms with E-state index in [0.29, 0.717) is 22.5 Å². The van der Waals surface area contributed by atoms with Crippen molar-refractivity contribution >= 4 is 40.2 Å². The first kappa shape index (κ1) is 17.8. The van der Waals surface area contributed by atoms with Crippen LogP contribution in [0.2, 0.25) is 5.02 Å². The average molecular weight is 394 g/mol. The number of amides is 1. The molecule has 140 valence electrons. The number of pyridine rings is 1. The fourth-order valence-electron chi connectivity index (χ4n) is 2.68. The largest absolute Gasteiger partial charge is 0.457 e. The first-order valence-electron chi connectivity index (χ1n) is 8.49. The first-order chi connectivity index (χ1) is 13.6. The summed E-state index contributed by atoms with van der Waals surface area (Å²) in [5.41, 5.74) is 2.72. The number of H-pyrrole nitrogens is 1. The van der Waals surface area contributed by atoms with Crippen molar-refractivity contribution in [3.63, 3.8) is 0 Å². The summed E-state index contributed by atoms with van der Waals surface area (Å²) in [6.45, 7) is 0. The van der Waals surface area contributed by atoms with Gasteiger partial charge in [-0.2, -0.15) is 0 Å². The fraction of sp³-hybridized carbons (Fsp3) is 0.0500. The molecule has 1 amide bonds. The van der Waals surface area contributed by atoms with Gasteiger partial charge in [0.2, 0.25) is 5.95 Å². The Morgan fingerprint density at radius 2 is 1.96 bits per heavy atom. The zero-order valence-electron chi connectivity index (χ0n) is 14.9. The Hall–Kier alpha value is -3.58. The molecule has 0 fully saturated rings. The Labute approximate surface area is 165 Å². The molecule has 0 aliphatic heterocycles. The van der Waals surface area contributed by atoms with Crippen LogP contribution in [0.1, 0.15) is 10.5 Å². The number of nitrogens with one attached hydrogen (secondary N) is 3. The number of halogens is 1. The number of rotatable bonds is 5. The number of aromatic amines is 1. The Bertz CT molecular complexity index is 1160. The van der Waals surface area contributed by atoms with Crippen LogP contribution in [0.4, 0.5) is 11.6 Å². The second kappa shape index (κ2) is 7.58. The minimum Gasteiger partial charge on any atom is -0.457 e. The summed E-state index contributed by atoms with van der Waals surface area (Å²) >= 11 is 6.01. The van der Waals surface area contributed by atoms with Gasteiger partial charge in [-0.25, -0.2) is 4.98 Å². The van der Waals surface area contributed by atoms with Crippen LogP contribution in [0.15, 0.2) is 60.8 Å². The molecule has 2 heterocycles. The van der Waals surface area contributed by atoms with Crippen molar-refractivity contribution in [2.75, 3.05) is 12.4 Å². The minimum absolute atomic E-state index is 0.272. The lowest BCUT2D eigenvalue weighted by atomic mass is 10.3. The predicted molar refractivity (Wildman–Crippen MR) is 109 cm³/mol. The van der Waals surface area contributed by atoms with Crippen LogP contribution in [0.25, 0.3) is 11.0 Å². The lowest BCUT2D eigenvalue weighted by Crippen LogP contribution is -2.18. The zero-order chi connectivity index (χ0) is 19.5. The normalized spacial score (nSPS) is 10.6. The lowest BCUT2D eigenvalue weighted by Gasteiger charge is -2.06. The standard InChI is InChI=1S/C20H16ClN5O2/c1-22-19(27)18-11-15(7-8-23-18)28-14-5-6-16-17(10-14)26-20(25-16)24-13-4-2-3-12(21)9-13/h2-11H,1H3,(H,22,27)(H2,24,25,26). The quantitative estimate of drug-likeness (QED) is 0.464. The molecule has 2 aromatic heterocycles. The fourth-order valence-corrected chi connectivity index (χ4v) is 2.87. The van der Waals surface area contributed by atoms with Gasteiger partial charge in [0.15, 0.2) is 0 Å². The van der Waals surface area contributed by atoms with E-state index in [4.69, 9.17) is 16.3 Å². The van der Waals surface area contributed by atoms with Crippen LogP contribution in [0, 0.1) is 0 Å². The second-order valence-electron chi connectivity index (χ2n) is 5.96. The molecular weight excluding hydrogens is 378 g/mol. The van der Waals surface area contributed by atoms with Gasteiger partial charge in [0.1, 0.15) is 17.2 Å². The number of fused-ring (bicyclic) bond motifs is 1. The smallest absolute Gasteiger partial charge is 0.269 e. The van der Waals surface area contributed by atoms with E-state index in [9.17, 15) is 4.79 Å². The molecule has 3 N–H and O–H groups in total. The number of carbonyl (C=O) groups excluding carboxylic acids is 1. The van der Waals surface area contributed by atoms with Crippen molar-refractivity contribution in [1.29, 1.82) is 0 Å². The van der Waals surface area contributed by atoms with Gasteiger partial charge in [-0.05, 0) is 36.4 Å². The molecule has 7 nitrogen and oxygen atoms in total. The molecular formula is C20H16ClN5O2. The molecule has 0 aliphatic carbocycles. The van der Waals surface area contributed by atoms with Crippen LogP contribution < -0.4 is 15.4 Å². The molecule has 0 radical (unpaired) electrons.